The van der Waals surface area contributed by atoms with Crippen molar-refractivity contribution in [2.24, 2.45) is 0 Å². The molecule has 0 atom stereocenters. The van der Waals surface area contributed by atoms with Crippen LogP contribution in [0.25, 0.3) is 0 Å². The van der Waals surface area contributed by atoms with Crippen LogP contribution >= 0.6 is 11.6 Å². The molecule has 3 rings (SSSR count). The topological polar surface area (TPSA) is 99.5 Å². The van der Waals surface area contributed by atoms with E-state index in [1.807, 2.05) is 13.0 Å². The van der Waals surface area contributed by atoms with Crippen LogP contribution in [0.4, 0.5) is 0 Å². The molecular formula is C21H22ClN3O4S. The molecular weight excluding hydrogens is 426 g/mol. The monoisotopic (exact) mass is 447 g/mol. The molecule has 0 radical (unpaired) electrons. The van der Waals surface area contributed by atoms with Gasteiger partial charge in [-0.2, -0.15) is 5.26 Å². The van der Waals surface area contributed by atoms with Crippen molar-refractivity contribution in [3.63, 3.8) is 0 Å². The van der Waals surface area contributed by atoms with E-state index in [1.54, 1.807) is 23.1 Å². The molecule has 9 heteroatoms. The number of sulfonamides is 1. The number of nitrogens with zero attached hydrogens (tertiary/aromatic N) is 2. The average molecular weight is 448 g/mol. The number of nitrogens with one attached hydrogen (secondary N) is 1. The van der Waals surface area contributed by atoms with Gasteiger partial charge in [-0.15, -0.1) is 0 Å². The maximum Gasteiger partial charge on any atom is 0.244 e. The second kappa shape index (κ2) is 9.04. The number of benzene rings is 2. The lowest BCUT2D eigenvalue weighted by molar-refractivity contribution is -0.129. The highest BCUT2D eigenvalue weighted by Gasteiger charge is 2.28. The number of amides is 1. The van der Waals surface area contributed by atoms with E-state index in [0.29, 0.717) is 36.7 Å². The number of likely N-dealkylation sites (tertiary alicyclic amines) is 1. The number of carbonyl (C=O) groups excluding carboxylic acids is 1. The van der Waals surface area contributed by atoms with Crippen molar-refractivity contribution in [3.8, 4) is 17.6 Å². The van der Waals surface area contributed by atoms with Gasteiger partial charge in [-0.05, 0) is 61.7 Å². The third-order valence-corrected chi connectivity index (χ3v) is 6.63. The van der Waals surface area contributed by atoms with Crippen molar-refractivity contribution in [1.82, 2.24) is 9.62 Å². The summed E-state index contributed by atoms with van der Waals surface area (Å²) in [6.45, 7) is 4.33. The quantitative estimate of drug-likeness (QED) is 0.754. The highest BCUT2D eigenvalue weighted by molar-refractivity contribution is 7.89. The molecule has 0 aliphatic carbocycles. The van der Waals surface area contributed by atoms with Crippen molar-refractivity contribution >= 4 is 27.5 Å². The first-order valence-electron chi connectivity index (χ1n) is 9.45. The summed E-state index contributed by atoms with van der Waals surface area (Å²) in [5.74, 6) is 0.478. The first-order valence-corrected chi connectivity index (χ1v) is 11.3. The zero-order valence-electron chi connectivity index (χ0n) is 16.7. The summed E-state index contributed by atoms with van der Waals surface area (Å²) in [4.78, 5) is 13.1. The lowest BCUT2D eigenvalue weighted by atomic mass is 10.1. The van der Waals surface area contributed by atoms with Crippen LogP contribution in [0.1, 0.15) is 30.9 Å². The van der Waals surface area contributed by atoms with E-state index < -0.39 is 10.0 Å². The minimum Gasteiger partial charge on any atom is -0.456 e. The van der Waals surface area contributed by atoms with Crippen LogP contribution < -0.4 is 9.46 Å². The van der Waals surface area contributed by atoms with Gasteiger partial charge in [-0.25, -0.2) is 13.1 Å². The lowest BCUT2D eigenvalue weighted by Crippen LogP contribution is -2.45. The molecule has 0 aromatic heterocycles. The van der Waals surface area contributed by atoms with Crippen LogP contribution in [0.5, 0.6) is 11.5 Å². The number of hydrogen-bond acceptors (Lipinski definition) is 5. The minimum atomic E-state index is -3.96. The van der Waals surface area contributed by atoms with Gasteiger partial charge < -0.3 is 9.64 Å². The van der Waals surface area contributed by atoms with Crippen molar-refractivity contribution in [1.29, 1.82) is 5.26 Å². The van der Waals surface area contributed by atoms with Crippen LogP contribution in [-0.2, 0) is 14.8 Å². The van der Waals surface area contributed by atoms with Gasteiger partial charge in [-0.1, -0.05) is 11.6 Å². The zero-order chi connectivity index (χ0) is 21.9. The van der Waals surface area contributed by atoms with Crippen LogP contribution in [0, 0.1) is 18.3 Å². The molecule has 2 aromatic carbocycles. The van der Waals surface area contributed by atoms with Gasteiger partial charge in [-0.3, -0.25) is 4.79 Å². The van der Waals surface area contributed by atoms with E-state index in [2.05, 4.69) is 4.72 Å². The van der Waals surface area contributed by atoms with Crippen LogP contribution in [0.15, 0.2) is 41.3 Å². The Bertz CT molecular complexity index is 1080. The minimum absolute atomic E-state index is 0.0227. The van der Waals surface area contributed by atoms with Gasteiger partial charge in [0.2, 0.25) is 15.9 Å². The standard InChI is InChI=1S/C21H22ClN3O4S/c1-14-9-17(22)12-19(10-14)29-20-4-3-16(13-23)11-21(20)30(27,28)24-18-5-7-25(8-6-18)15(2)26/h3-4,9-12,18,24H,5-8H2,1-2H3. The van der Waals surface area contributed by atoms with Crippen molar-refractivity contribution in [3.05, 3.63) is 52.5 Å². The summed E-state index contributed by atoms with van der Waals surface area (Å²) in [6.07, 6.45) is 1.03. The van der Waals surface area contributed by atoms with E-state index in [4.69, 9.17) is 16.3 Å². The normalized spacial score (nSPS) is 14.9. The number of hydrogen-bond donors (Lipinski definition) is 1. The van der Waals surface area contributed by atoms with Gasteiger partial charge >= 0.3 is 0 Å². The van der Waals surface area contributed by atoms with E-state index in [-0.39, 0.29) is 28.2 Å². The third kappa shape index (κ3) is 5.30. The first kappa shape index (κ1) is 22.1. The average Bonchev–Trinajstić information content (AvgIpc) is 2.67. The molecule has 1 aliphatic heterocycles. The van der Waals surface area contributed by atoms with E-state index >= 15 is 0 Å². The Morgan fingerprint density at radius 1 is 1.23 bits per heavy atom. The predicted octanol–water partition coefficient (Wildman–Crippen LogP) is 3.60. The number of ether oxygens (including phenoxy) is 1. The molecule has 1 N–H and O–H groups in total. The second-order valence-corrected chi connectivity index (χ2v) is 9.36. The summed E-state index contributed by atoms with van der Waals surface area (Å²) >= 11 is 6.07. The highest BCUT2D eigenvalue weighted by Crippen LogP contribution is 2.32. The Hall–Kier alpha value is -2.60. The molecule has 158 valence electrons. The molecule has 1 heterocycles. The fraction of sp³-hybridized carbons (Fsp3) is 0.333. The number of aryl methyl sites for hydroxylation is 1. The van der Waals surface area contributed by atoms with Crippen molar-refractivity contribution < 1.29 is 17.9 Å². The fourth-order valence-corrected chi connectivity index (χ4v) is 5.09. The first-order chi connectivity index (χ1) is 14.2. The lowest BCUT2D eigenvalue weighted by Gasteiger charge is -2.31. The molecule has 1 amide bonds. The summed E-state index contributed by atoms with van der Waals surface area (Å²) < 4.78 is 34.8. The maximum absolute atomic E-state index is 13.1. The van der Waals surface area contributed by atoms with Gasteiger partial charge in [0.1, 0.15) is 16.4 Å². The molecule has 1 saturated heterocycles. The maximum atomic E-state index is 13.1. The smallest absolute Gasteiger partial charge is 0.244 e. The number of rotatable bonds is 5. The largest absolute Gasteiger partial charge is 0.456 e. The Kier molecular flexibility index (Phi) is 6.66. The van der Waals surface area contributed by atoms with Gasteiger partial charge in [0.15, 0.2) is 0 Å². The molecule has 0 saturated carbocycles. The molecule has 0 bridgehead atoms. The summed E-state index contributed by atoms with van der Waals surface area (Å²) in [5.41, 5.74) is 1.07. The zero-order valence-corrected chi connectivity index (χ0v) is 18.3. The van der Waals surface area contributed by atoms with Crippen LogP contribution in [0.3, 0.4) is 0 Å². The second-order valence-electron chi connectivity index (χ2n) is 7.24. The van der Waals surface area contributed by atoms with E-state index in [9.17, 15) is 18.5 Å². The van der Waals surface area contributed by atoms with Gasteiger partial charge in [0, 0.05) is 31.1 Å². The highest BCUT2D eigenvalue weighted by atomic mass is 35.5. The van der Waals surface area contributed by atoms with Gasteiger partial charge in [0.25, 0.3) is 0 Å². The SMILES string of the molecule is CC(=O)N1CCC(NS(=O)(=O)c2cc(C#N)ccc2Oc2cc(C)cc(Cl)c2)CC1. The summed E-state index contributed by atoms with van der Waals surface area (Å²) in [5, 5.41) is 9.69. The summed E-state index contributed by atoms with van der Waals surface area (Å²) in [7, 11) is -3.96. The van der Waals surface area contributed by atoms with Crippen LogP contribution in [-0.4, -0.2) is 38.4 Å². The predicted molar refractivity (Wildman–Crippen MR) is 113 cm³/mol. The molecule has 0 spiro atoms. The molecule has 1 fully saturated rings. The van der Waals surface area contributed by atoms with E-state index in [0.717, 1.165) is 5.56 Å². The Morgan fingerprint density at radius 2 is 1.93 bits per heavy atom. The molecule has 7 nitrogen and oxygen atoms in total. The number of carbonyl (C=O) groups is 1. The number of piperidine rings is 1. The molecule has 1 aliphatic rings. The summed E-state index contributed by atoms with van der Waals surface area (Å²) in [6, 6.07) is 11.0. The Morgan fingerprint density at radius 3 is 2.53 bits per heavy atom. The molecule has 30 heavy (non-hydrogen) atoms. The third-order valence-electron chi connectivity index (χ3n) is 4.87. The fourth-order valence-electron chi connectivity index (χ4n) is 3.36. The van der Waals surface area contributed by atoms with Crippen molar-refractivity contribution in [2.45, 2.75) is 37.6 Å². The molecule has 0 unspecified atom stereocenters. The van der Waals surface area contributed by atoms with Crippen molar-refractivity contribution in [2.75, 3.05) is 13.1 Å². The number of nitriles is 1. The Balaban J connectivity index is 1.87. The number of halogens is 1. The van der Waals surface area contributed by atoms with Gasteiger partial charge in [0.05, 0.1) is 11.6 Å². The molecule has 2 aromatic rings. The van der Waals surface area contributed by atoms with E-state index in [1.165, 1.54) is 25.1 Å². The Labute approximate surface area is 181 Å². The van der Waals surface area contributed by atoms with Crippen LogP contribution in [0.2, 0.25) is 5.02 Å².